The predicted octanol–water partition coefficient (Wildman–Crippen LogP) is -0.228. The third-order valence-corrected chi connectivity index (χ3v) is 5.36. The molecule has 0 aromatic rings. The van der Waals surface area contributed by atoms with Crippen molar-refractivity contribution in [2.45, 2.75) is 20.3 Å². The van der Waals surface area contributed by atoms with Gasteiger partial charge in [-0.05, 0) is 18.3 Å². The molecule has 2 rings (SSSR count). The first-order chi connectivity index (χ1) is 12.8. The molecule has 8 nitrogen and oxygen atoms in total. The lowest BCUT2D eigenvalue weighted by molar-refractivity contribution is -0.135. The molecule has 8 heteroatoms. The Labute approximate surface area is 163 Å². The second-order valence-electron chi connectivity index (χ2n) is 8.20. The van der Waals surface area contributed by atoms with E-state index in [4.69, 9.17) is 0 Å². The molecule has 2 amide bonds. The van der Waals surface area contributed by atoms with Gasteiger partial charge in [0.25, 0.3) is 0 Å². The third kappa shape index (κ3) is 6.37. The zero-order chi connectivity index (χ0) is 20.0. The Morgan fingerprint density at radius 3 is 2.15 bits per heavy atom. The van der Waals surface area contributed by atoms with E-state index in [1.54, 1.807) is 26.0 Å². The lowest BCUT2D eigenvalue weighted by atomic mass is 9.92. The molecule has 0 spiro atoms. The first-order valence-corrected chi connectivity index (χ1v) is 9.96. The molecule has 2 fully saturated rings. The number of guanidine groups is 1. The smallest absolute Gasteiger partial charge is 0.241 e. The average molecular weight is 381 g/mol. The largest absolute Gasteiger partial charge is 0.347 e. The minimum atomic E-state index is 0.0189. The molecular formula is C19H36N6O2. The molecule has 2 atom stereocenters. The monoisotopic (exact) mass is 380 g/mol. The highest BCUT2D eigenvalue weighted by Crippen LogP contribution is 2.21. The van der Waals surface area contributed by atoms with Gasteiger partial charge in [-0.25, -0.2) is 0 Å². The number of rotatable bonds is 4. The lowest BCUT2D eigenvalue weighted by Crippen LogP contribution is -2.55. The summed E-state index contributed by atoms with van der Waals surface area (Å²) in [4.78, 5) is 36.7. The number of piperazine rings is 1. The molecule has 0 saturated carbocycles. The minimum absolute atomic E-state index is 0.0189. The van der Waals surface area contributed by atoms with Gasteiger partial charge in [0.15, 0.2) is 5.96 Å². The number of likely N-dealkylation sites (N-methyl/N-ethyl adjacent to an activating group) is 1. The summed E-state index contributed by atoms with van der Waals surface area (Å²) in [6.07, 6.45) is 1.21. The fourth-order valence-corrected chi connectivity index (χ4v) is 3.92. The normalized spacial score (nSPS) is 24.7. The summed E-state index contributed by atoms with van der Waals surface area (Å²) in [7, 11) is 5.22. The Kier molecular flexibility index (Phi) is 7.89. The van der Waals surface area contributed by atoms with Gasteiger partial charge in [-0.1, -0.05) is 13.8 Å². The van der Waals surface area contributed by atoms with Crippen molar-refractivity contribution in [1.29, 1.82) is 0 Å². The quantitative estimate of drug-likeness (QED) is 0.539. The first kappa shape index (κ1) is 21.5. The summed E-state index contributed by atoms with van der Waals surface area (Å²) in [6, 6.07) is 0. The van der Waals surface area contributed by atoms with E-state index in [1.807, 2.05) is 4.90 Å². The van der Waals surface area contributed by atoms with E-state index in [0.717, 1.165) is 45.2 Å². The van der Waals surface area contributed by atoms with Crippen LogP contribution in [0.5, 0.6) is 0 Å². The van der Waals surface area contributed by atoms with Gasteiger partial charge in [-0.3, -0.25) is 19.5 Å². The molecule has 27 heavy (non-hydrogen) atoms. The van der Waals surface area contributed by atoms with Crippen molar-refractivity contribution >= 4 is 17.8 Å². The van der Waals surface area contributed by atoms with E-state index >= 15 is 0 Å². The van der Waals surface area contributed by atoms with E-state index in [0.29, 0.717) is 18.4 Å². The van der Waals surface area contributed by atoms with Crippen molar-refractivity contribution in [3.8, 4) is 0 Å². The van der Waals surface area contributed by atoms with Crippen LogP contribution in [0.15, 0.2) is 4.99 Å². The zero-order valence-corrected chi connectivity index (χ0v) is 17.6. The zero-order valence-electron chi connectivity index (χ0n) is 17.6. The van der Waals surface area contributed by atoms with Gasteiger partial charge in [-0.2, -0.15) is 0 Å². The molecular weight excluding hydrogens is 344 g/mol. The molecule has 0 aliphatic carbocycles. The molecule has 2 unspecified atom stereocenters. The second kappa shape index (κ2) is 9.92. The summed E-state index contributed by atoms with van der Waals surface area (Å²) >= 11 is 0. The van der Waals surface area contributed by atoms with Gasteiger partial charge in [0.05, 0.1) is 13.1 Å². The number of nitrogens with one attached hydrogen (secondary N) is 1. The second-order valence-corrected chi connectivity index (χ2v) is 8.20. The molecule has 0 aromatic carbocycles. The van der Waals surface area contributed by atoms with Crippen LogP contribution in [0.25, 0.3) is 0 Å². The number of amides is 2. The molecule has 2 saturated heterocycles. The van der Waals surface area contributed by atoms with Crippen LogP contribution >= 0.6 is 0 Å². The van der Waals surface area contributed by atoms with Crippen LogP contribution in [0.3, 0.4) is 0 Å². The number of likely N-dealkylation sites (tertiary alicyclic amines) is 1. The highest BCUT2D eigenvalue weighted by atomic mass is 16.2. The Hall–Kier alpha value is -1.83. The standard InChI is InChI=1S/C19H36N6O2/c1-15-10-16(2)13-25(12-15)18(27)14-23-6-8-24(9-7-23)19(20-3)21-11-17(26)22(4)5/h15-16H,6-14H2,1-5H3,(H,20,21). The number of hydrogen-bond donors (Lipinski definition) is 1. The van der Waals surface area contributed by atoms with E-state index in [9.17, 15) is 9.59 Å². The highest BCUT2D eigenvalue weighted by molar-refractivity contribution is 5.86. The van der Waals surface area contributed by atoms with Crippen LogP contribution in [0.2, 0.25) is 0 Å². The fraction of sp³-hybridized carbons (Fsp3) is 0.842. The molecule has 154 valence electrons. The van der Waals surface area contributed by atoms with Crippen molar-refractivity contribution < 1.29 is 9.59 Å². The predicted molar refractivity (Wildman–Crippen MR) is 108 cm³/mol. The Bertz CT molecular complexity index is 532. The summed E-state index contributed by atoms with van der Waals surface area (Å²) < 4.78 is 0. The lowest BCUT2D eigenvalue weighted by Gasteiger charge is -2.39. The molecule has 0 aromatic heterocycles. The van der Waals surface area contributed by atoms with Crippen LogP contribution < -0.4 is 5.32 Å². The van der Waals surface area contributed by atoms with E-state index < -0.39 is 0 Å². The van der Waals surface area contributed by atoms with Crippen LogP contribution in [0.1, 0.15) is 20.3 Å². The van der Waals surface area contributed by atoms with Crippen molar-refractivity contribution in [1.82, 2.24) is 24.9 Å². The summed E-state index contributed by atoms with van der Waals surface area (Å²) in [5.74, 6) is 2.20. The van der Waals surface area contributed by atoms with Crippen molar-refractivity contribution in [2.75, 3.05) is 73.5 Å². The van der Waals surface area contributed by atoms with Gasteiger partial charge < -0.3 is 20.0 Å². The van der Waals surface area contributed by atoms with Crippen molar-refractivity contribution in [3.63, 3.8) is 0 Å². The van der Waals surface area contributed by atoms with Gasteiger partial charge in [0.2, 0.25) is 11.8 Å². The van der Waals surface area contributed by atoms with E-state index in [2.05, 4.69) is 34.0 Å². The number of carbonyl (C=O) groups is 2. The van der Waals surface area contributed by atoms with E-state index in [1.165, 1.54) is 6.42 Å². The minimum Gasteiger partial charge on any atom is -0.347 e. The fourth-order valence-electron chi connectivity index (χ4n) is 3.92. The molecule has 0 radical (unpaired) electrons. The molecule has 2 heterocycles. The maximum absolute atomic E-state index is 12.7. The third-order valence-electron chi connectivity index (χ3n) is 5.36. The SMILES string of the molecule is CN=C(NCC(=O)N(C)C)N1CCN(CC(=O)N2CC(C)CC(C)C2)CC1. The highest BCUT2D eigenvalue weighted by Gasteiger charge is 2.28. The van der Waals surface area contributed by atoms with Gasteiger partial charge in [0.1, 0.15) is 0 Å². The maximum Gasteiger partial charge on any atom is 0.241 e. The van der Waals surface area contributed by atoms with Gasteiger partial charge >= 0.3 is 0 Å². The first-order valence-electron chi connectivity index (χ1n) is 9.96. The average Bonchev–Trinajstić information content (AvgIpc) is 2.62. The van der Waals surface area contributed by atoms with Gasteiger partial charge in [-0.15, -0.1) is 0 Å². The molecule has 1 N–H and O–H groups in total. The van der Waals surface area contributed by atoms with Crippen LogP contribution in [0.4, 0.5) is 0 Å². The summed E-state index contributed by atoms with van der Waals surface area (Å²) in [5, 5.41) is 3.13. The molecule has 0 bridgehead atoms. The Balaban J connectivity index is 1.77. The van der Waals surface area contributed by atoms with Crippen LogP contribution in [-0.4, -0.2) is 111 Å². The number of carbonyl (C=O) groups excluding carboxylic acids is 2. The Morgan fingerprint density at radius 2 is 1.63 bits per heavy atom. The molecule has 2 aliphatic rings. The summed E-state index contributed by atoms with van der Waals surface area (Å²) in [5.41, 5.74) is 0. The maximum atomic E-state index is 12.7. The number of aliphatic imine (C=N–C) groups is 1. The Morgan fingerprint density at radius 1 is 1.04 bits per heavy atom. The number of nitrogens with zero attached hydrogens (tertiary/aromatic N) is 5. The molecule has 2 aliphatic heterocycles. The van der Waals surface area contributed by atoms with Gasteiger partial charge in [0, 0.05) is 60.4 Å². The number of piperidine rings is 1. The van der Waals surface area contributed by atoms with Crippen LogP contribution in [-0.2, 0) is 9.59 Å². The van der Waals surface area contributed by atoms with Crippen molar-refractivity contribution in [3.05, 3.63) is 0 Å². The van der Waals surface area contributed by atoms with Crippen molar-refractivity contribution in [2.24, 2.45) is 16.8 Å². The summed E-state index contributed by atoms with van der Waals surface area (Å²) in [6.45, 7) is 10.2. The number of hydrogen-bond acceptors (Lipinski definition) is 4. The van der Waals surface area contributed by atoms with Crippen LogP contribution in [0, 0.1) is 11.8 Å². The topological polar surface area (TPSA) is 71.5 Å². The van der Waals surface area contributed by atoms with E-state index in [-0.39, 0.29) is 18.4 Å².